The summed E-state index contributed by atoms with van der Waals surface area (Å²) in [4.78, 5) is 16.8. The normalized spacial score (nSPS) is 23.0. The van der Waals surface area contributed by atoms with Crippen molar-refractivity contribution in [2.24, 2.45) is 0 Å². The van der Waals surface area contributed by atoms with Crippen LogP contribution in [0.1, 0.15) is 44.7 Å². The molecule has 2 saturated heterocycles. The van der Waals surface area contributed by atoms with Crippen molar-refractivity contribution in [2.45, 2.75) is 45.2 Å². The Morgan fingerprint density at radius 1 is 1.17 bits per heavy atom. The van der Waals surface area contributed by atoms with E-state index in [2.05, 4.69) is 48.3 Å². The van der Waals surface area contributed by atoms with Crippen LogP contribution in [0.15, 0.2) is 24.3 Å². The van der Waals surface area contributed by atoms with Gasteiger partial charge in [-0.05, 0) is 50.8 Å². The van der Waals surface area contributed by atoms with Crippen LogP contribution >= 0.6 is 0 Å². The Hall–Kier alpha value is -1.75. The van der Waals surface area contributed by atoms with E-state index in [1.165, 1.54) is 12.1 Å². The zero-order valence-corrected chi connectivity index (χ0v) is 14.8. The number of hydrogen-bond acceptors (Lipinski definition) is 3. The molecule has 1 aromatic rings. The highest BCUT2D eigenvalue weighted by molar-refractivity contribution is 5.75. The summed E-state index contributed by atoms with van der Waals surface area (Å²) in [5.41, 5.74) is 2.37. The molecule has 0 bridgehead atoms. The van der Waals surface area contributed by atoms with Crippen LogP contribution in [0, 0.1) is 0 Å². The highest BCUT2D eigenvalue weighted by atomic mass is 16.5. The number of hydrogen-bond donors (Lipinski definition) is 1. The predicted octanol–water partition coefficient (Wildman–Crippen LogP) is 3.17. The third kappa shape index (κ3) is 4.01. The van der Waals surface area contributed by atoms with Crippen molar-refractivity contribution in [3.8, 4) is 0 Å². The van der Waals surface area contributed by atoms with Crippen LogP contribution in [-0.2, 0) is 4.74 Å². The fourth-order valence-electron chi connectivity index (χ4n) is 3.55. The van der Waals surface area contributed by atoms with E-state index >= 15 is 0 Å². The number of benzene rings is 1. The topological polar surface area (TPSA) is 44.8 Å². The van der Waals surface area contributed by atoms with Crippen LogP contribution < -0.4 is 10.2 Å². The molecule has 2 unspecified atom stereocenters. The Kier molecular flexibility index (Phi) is 5.61. The van der Waals surface area contributed by atoms with Gasteiger partial charge in [-0.15, -0.1) is 0 Å². The molecule has 2 atom stereocenters. The Bertz CT molecular complexity index is 540. The molecule has 0 spiro atoms. The summed E-state index contributed by atoms with van der Waals surface area (Å²) in [7, 11) is 0. The second-order valence-electron chi connectivity index (χ2n) is 6.90. The molecule has 1 aromatic carbocycles. The number of morpholine rings is 1. The molecular weight excluding hydrogens is 302 g/mol. The number of carbonyl (C=O) groups excluding carboxylic acids is 1. The molecule has 5 heteroatoms. The number of carbonyl (C=O) groups is 1. The molecular formula is C19H29N3O2. The van der Waals surface area contributed by atoms with E-state index in [1.807, 2.05) is 4.90 Å². The minimum absolute atomic E-state index is 0.0189. The summed E-state index contributed by atoms with van der Waals surface area (Å²) in [5, 5.41) is 3.15. The number of nitrogens with one attached hydrogen (secondary N) is 1. The number of rotatable bonds is 3. The maximum absolute atomic E-state index is 12.5. The van der Waals surface area contributed by atoms with Crippen molar-refractivity contribution in [3.63, 3.8) is 0 Å². The zero-order chi connectivity index (χ0) is 16.9. The number of anilines is 1. The van der Waals surface area contributed by atoms with Crippen LogP contribution in [-0.4, -0.2) is 49.8 Å². The molecule has 24 heavy (non-hydrogen) atoms. The molecule has 1 N–H and O–H groups in total. The van der Waals surface area contributed by atoms with E-state index in [0.29, 0.717) is 6.04 Å². The fourth-order valence-corrected chi connectivity index (χ4v) is 3.55. The lowest BCUT2D eigenvalue weighted by Gasteiger charge is -2.34. The Morgan fingerprint density at radius 2 is 1.88 bits per heavy atom. The van der Waals surface area contributed by atoms with E-state index in [1.54, 1.807) is 0 Å². The van der Waals surface area contributed by atoms with Gasteiger partial charge in [-0.3, -0.25) is 0 Å². The van der Waals surface area contributed by atoms with Gasteiger partial charge < -0.3 is 19.9 Å². The van der Waals surface area contributed by atoms with Gasteiger partial charge in [-0.2, -0.15) is 0 Å². The maximum atomic E-state index is 12.5. The lowest BCUT2D eigenvalue weighted by molar-refractivity contribution is 0.122. The summed E-state index contributed by atoms with van der Waals surface area (Å²) in [5.74, 6) is 0. The van der Waals surface area contributed by atoms with Gasteiger partial charge in [0.25, 0.3) is 0 Å². The highest BCUT2D eigenvalue weighted by Crippen LogP contribution is 2.21. The second kappa shape index (κ2) is 7.88. The first-order valence-electron chi connectivity index (χ1n) is 9.15. The second-order valence-corrected chi connectivity index (χ2v) is 6.90. The number of nitrogens with zero attached hydrogens (tertiary/aromatic N) is 2. The quantitative estimate of drug-likeness (QED) is 0.925. The molecule has 2 fully saturated rings. The minimum atomic E-state index is 0.0189. The van der Waals surface area contributed by atoms with E-state index in [0.717, 1.165) is 51.3 Å². The van der Waals surface area contributed by atoms with E-state index < -0.39 is 0 Å². The average molecular weight is 331 g/mol. The fraction of sp³-hybridized carbons (Fsp3) is 0.632. The molecule has 3 rings (SSSR count). The van der Waals surface area contributed by atoms with Crippen molar-refractivity contribution in [1.29, 1.82) is 0 Å². The molecule has 2 heterocycles. The summed E-state index contributed by atoms with van der Waals surface area (Å²) >= 11 is 0. The molecule has 5 nitrogen and oxygen atoms in total. The Labute approximate surface area is 145 Å². The molecule has 0 aliphatic carbocycles. The van der Waals surface area contributed by atoms with Gasteiger partial charge in [0.1, 0.15) is 0 Å². The third-order valence-corrected chi connectivity index (χ3v) is 5.17. The first-order valence-corrected chi connectivity index (χ1v) is 9.15. The van der Waals surface area contributed by atoms with Gasteiger partial charge in [-0.25, -0.2) is 4.79 Å². The highest BCUT2D eigenvalue weighted by Gasteiger charge is 2.24. The number of likely N-dealkylation sites (tertiary alicyclic amines) is 1. The Morgan fingerprint density at radius 3 is 2.54 bits per heavy atom. The smallest absolute Gasteiger partial charge is 0.318 e. The van der Waals surface area contributed by atoms with E-state index in [9.17, 15) is 4.79 Å². The van der Waals surface area contributed by atoms with E-state index in [-0.39, 0.29) is 12.1 Å². The largest absolute Gasteiger partial charge is 0.378 e. The predicted molar refractivity (Wildman–Crippen MR) is 96.4 cm³/mol. The van der Waals surface area contributed by atoms with Crippen LogP contribution in [0.3, 0.4) is 0 Å². The minimum Gasteiger partial charge on any atom is -0.378 e. The van der Waals surface area contributed by atoms with Crippen LogP contribution in [0.5, 0.6) is 0 Å². The first kappa shape index (κ1) is 17.1. The number of ether oxygens (including phenoxy) is 1. The monoisotopic (exact) mass is 331 g/mol. The molecule has 2 amide bonds. The number of urea groups is 1. The lowest BCUT2D eigenvalue weighted by atomic mass is 10.0. The van der Waals surface area contributed by atoms with E-state index in [4.69, 9.17) is 4.74 Å². The van der Waals surface area contributed by atoms with Gasteiger partial charge >= 0.3 is 6.03 Å². The van der Waals surface area contributed by atoms with Crippen LogP contribution in [0.25, 0.3) is 0 Å². The maximum Gasteiger partial charge on any atom is 0.318 e. The van der Waals surface area contributed by atoms with Crippen LogP contribution in [0.2, 0.25) is 0 Å². The summed E-state index contributed by atoms with van der Waals surface area (Å²) in [6.07, 6.45) is 3.44. The number of amides is 2. The van der Waals surface area contributed by atoms with Crippen molar-refractivity contribution in [1.82, 2.24) is 10.2 Å². The van der Waals surface area contributed by atoms with Crippen molar-refractivity contribution >= 4 is 11.7 Å². The van der Waals surface area contributed by atoms with Gasteiger partial charge in [0.15, 0.2) is 0 Å². The SMILES string of the molecule is CC(NC(=O)N1CCCCC1C)c1ccc(N2CCOCC2)cc1. The third-order valence-electron chi connectivity index (χ3n) is 5.17. The Balaban J connectivity index is 1.58. The number of piperidine rings is 1. The van der Waals surface area contributed by atoms with Gasteiger partial charge in [-0.1, -0.05) is 12.1 Å². The standard InChI is InChI=1S/C19H29N3O2/c1-15-5-3-4-10-22(15)19(23)20-16(2)17-6-8-18(9-7-17)21-11-13-24-14-12-21/h6-9,15-16H,3-5,10-14H2,1-2H3,(H,20,23). The summed E-state index contributed by atoms with van der Waals surface area (Å²) in [6.45, 7) is 8.54. The average Bonchev–Trinajstić information content (AvgIpc) is 2.63. The van der Waals surface area contributed by atoms with Gasteiger partial charge in [0.2, 0.25) is 0 Å². The van der Waals surface area contributed by atoms with Crippen LogP contribution in [0.4, 0.5) is 10.5 Å². The first-order chi connectivity index (χ1) is 11.6. The molecule has 0 aromatic heterocycles. The molecule has 0 radical (unpaired) electrons. The molecule has 2 aliphatic rings. The zero-order valence-electron chi connectivity index (χ0n) is 14.8. The molecule has 2 aliphatic heterocycles. The van der Waals surface area contributed by atoms with Gasteiger partial charge in [0, 0.05) is 31.4 Å². The molecule has 0 saturated carbocycles. The van der Waals surface area contributed by atoms with Crippen molar-refractivity contribution in [2.75, 3.05) is 37.7 Å². The summed E-state index contributed by atoms with van der Waals surface area (Å²) < 4.78 is 5.40. The molecule has 132 valence electrons. The summed E-state index contributed by atoms with van der Waals surface area (Å²) in [6, 6.07) is 8.96. The van der Waals surface area contributed by atoms with Crippen molar-refractivity contribution in [3.05, 3.63) is 29.8 Å². The lowest BCUT2D eigenvalue weighted by Crippen LogP contribution is -2.48. The van der Waals surface area contributed by atoms with Gasteiger partial charge in [0.05, 0.1) is 19.3 Å². The van der Waals surface area contributed by atoms with Crippen molar-refractivity contribution < 1.29 is 9.53 Å².